The molecule has 112 valence electrons. The van der Waals surface area contributed by atoms with E-state index in [0.29, 0.717) is 12.5 Å². The molecule has 0 saturated heterocycles. The van der Waals surface area contributed by atoms with Crippen molar-refractivity contribution < 1.29 is 0 Å². The second kappa shape index (κ2) is 6.43. The fourth-order valence-electron chi connectivity index (χ4n) is 2.23. The summed E-state index contributed by atoms with van der Waals surface area (Å²) < 4.78 is 1.95. The Morgan fingerprint density at radius 1 is 1.29 bits per heavy atom. The summed E-state index contributed by atoms with van der Waals surface area (Å²) >= 11 is 0. The molecule has 0 amide bonds. The van der Waals surface area contributed by atoms with Gasteiger partial charge in [0.15, 0.2) is 5.96 Å². The van der Waals surface area contributed by atoms with E-state index in [1.807, 2.05) is 55.8 Å². The molecule has 0 aliphatic carbocycles. The smallest absolute Gasteiger partial charge is 0.189 e. The first kappa shape index (κ1) is 15.1. The molecular formula is C16H23N5. The average Bonchev–Trinajstić information content (AvgIpc) is 2.72. The second-order valence-electron chi connectivity index (χ2n) is 5.40. The van der Waals surface area contributed by atoms with Crippen LogP contribution in [0, 0.1) is 13.8 Å². The summed E-state index contributed by atoms with van der Waals surface area (Å²) in [5, 5.41) is 7.70. The number of guanidine groups is 1. The number of aliphatic imine (C=N–C) groups is 1. The molecule has 0 bridgehead atoms. The molecule has 0 saturated carbocycles. The van der Waals surface area contributed by atoms with Crippen LogP contribution < -0.4 is 11.1 Å². The highest BCUT2D eigenvalue weighted by Crippen LogP contribution is 2.18. The van der Waals surface area contributed by atoms with Crippen LogP contribution in [0.1, 0.15) is 30.8 Å². The lowest BCUT2D eigenvalue weighted by Crippen LogP contribution is -2.36. The Hall–Kier alpha value is -2.30. The van der Waals surface area contributed by atoms with Crippen LogP contribution in [0.5, 0.6) is 0 Å². The quantitative estimate of drug-likeness (QED) is 0.669. The van der Waals surface area contributed by atoms with Crippen molar-refractivity contribution in [2.45, 2.75) is 40.3 Å². The maximum absolute atomic E-state index is 5.85. The lowest BCUT2D eigenvalue weighted by molar-refractivity contribution is 0.723. The van der Waals surface area contributed by atoms with Gasteiger partial charge in [-0.25, -0.2) is 9.67 Å². The fourth-order valence-corrected chi connectivity index (χ4v) is 2.23. The van der Waals surface area contributed by atoms with Gasteiger partial charge in [0.2, 0.25) is 0 Å². The number of aryl methyl sites for hydroxylation is 1. The van der Waals surface area contributed by atoms with Crippen LogP contribution in [0.3, 0.4) is 0 Å². The first-order valence-corrected chi connectivity index (χ1v) is 7.16. The Morgan fingerprint density at radius 3 is 2.57 bits per heavy atom. The van der Waals surface area contributed by atoms with E-state index in [2.05, 4.69) is 22.3 Å². The zero-order chi connectivity index (χ0) is 15.4. The van der Waals surface area contributed by atoms with Gasteiger partial charge < -0.3 is 11.1 Å². The van der Waals surface area contributed by atoms with E-state index in [1.165, 1.54) is 0 Å². The molecule has 1 aromatic heterocycles. The minimum atomic E-state index is 0.281. The van der Waals surface area contributed by atoms with Crippen LogP contribution >= 0.6 is 0 Å². The van der Waals surface area contributed by atoms with Crippen molar-refractivity contribution in [2.75, 3.05) is 0 Å². The van der Waals surface area contributed by atoms with Gasteiger partial charge in [0.25, 0.3) is 0 Å². The Kier molecular flexibility index (Phi) is 4.62. The molecule has 1 heterocycles. The van der Waals surface area contributed by atoms with E-state index in [1.54, 1.807) is 0 Å². The van der Waals surface area contributed by atoms with Gasteiger partial charge in [0, 0.05) is 17.3 Å². The summed E-state index contributed by atoms with van der Waals surface area (Å²) in [5.41, 5.74) is 10.1. The molecule has 0 atom stereocenters. The number of rotatable bonds is 4. The van der Waals surface area contributed by atoms with Crippen LogP contribution in [-0.2, 0) is 6.54 Å². The third-order valence-electron chi connectivity index (χ3n) is 3.29. The molecule has 0 radical (unpaired) electrons. The van der Waals surface area contributed by atoms with Crippen molar-refractivity contribution in [1.29, 1.82) is 0 Å². The summed E-state index contributed by atoms with van der Waals surface area (Å²) in [4.78, 5) is 4.39. The van der Waals surface area contributed by atoms with Gasteiger partial charge in [-0.1, -0.05) is 18.2 Å². The van der Waals surface area contributed by atoms with Gasteiger partial charge in [-0.2, -0.15) is 5.10 Å². The zero-order valence-corrected chi connectivity index (χ0v) is 13.1. The summed E-state index contributed by atoms with van der Waals surface area (Å²) in [5.74, 6) is 0.469. The van der Waals surface area contributed by atoms with Crippen LogP contribution in [0.2, 0.25) is 0 Å². The van der Waals surface area contributed by atoms with E-state index in [-0.39, 0.29) is 6.04 Å². The number of hydrogen-bond donors (Lipinski definition) is 2. The molecule has 2 rings (SSSR count). The first-order chi connectivity index (χ1) is 9.99. The van der Waals surface area contributed by atoms with Crippen LogP contribution in [0.25, 0.3) is 5.69 Å². The lowest BCUT2D eigenvalue weighted by atomic mass is 10.2. The predicted octanol–water partition coefficient (Wildman–Crippen LogP) is 2.30. The maximum Gasteiger partial charge on any atom is 0.189 e. The average molecular weight is 285 g/mol. The van der Waals surface area contributed by atoms with Crippen molar-refractivity contribution in [3.63, 3.8) is 0 Å². The Labute approximate surface area is 125 Å². The Balaban J connectivity index is 2.24. The molecule has 0 aliphatic rings. The van der Waals surface area contributed by atoms with E-state index < -0.39 is 0 Å². The third kappa shape index (κ3) is 3.62. The van der Waals surface area contributed by atoms with E-state index in [0.717, 1.165) is 22.6 Å². The summed E-state index contributed by atoms with van der Waals surface area (Å²) in [6, 6.07) is 10.4. The Morgan fingerprint density at radius 2 is 1.95 bits per heavy atom. The van der Waals surface area contributed by atoms with Gasteiger partial charge >= 0.3 is 0 Å². The number of nitrogens with zero attached hydrogens (tertiary/aromatic N) is 3. The van der Waals surface area contributed by atoms with Gasteiger partial charge in [0.1, 0.15) is 0 Å². The Bertz CT molecular complexity index is 626. The highest BCUT2D eigenvalue weighted by atomic mass is 15.3. The molecule has 3 N–H and O–H groups in total. The van der Waals surface area contributed by atoms with Gasteiger partial charge in [-0.3, -0.25) is 0 Å². The monoisotopic (exact) mass is 285 g/mol. The zero-order valence-electron chi connectivity index (χ0n) is 13.1. The lowest BCUT2D eigenvalue weighted by Gasteiger charge is -2.08. The number of aromatic nitrogens is 2. The number of nitrogens with one attached hydrogen (secondary N) is 1. The van der Waals surface area contributed by atoms with Crippen molar-refractivity contribution in [3.05, 3.63) is 47.3 Å². The van der Waals surface area contributed by atoms with E-state index >= 15 is 0 Å². The molecule has 0 aliphatic heterocycles. The molecule has 2 aromatic rings. The van der Waals surface area contributed by atoms with Crippen LogP contribution in [-0.4, -0.2) is 21.8 Å². The third-order valence-corrected chi connectivity index (χ3v) is 3.29. The predicted molar refractivity (Wildman–Crippen MR) is 86.6 cm³/mol. The number of nitrogens with two attached hydrogens (primary N) is 1. The minimum absolute atomic E-state index is 0.281. The molecule has 1 aromatic carbocycles. The maximum atomic E-state index is 5.85. The number of para-hydroxylation sites is 1. The van der Waals surface area contributed by atoms with Gasteiger partial charge in [-0.05, 0) is 39.8 Å². The second-order valence-corrected chi connectivity index (χ2v) is 5.40. The molecule has 5 nitrogen and oxygen atoms in total. The van der Waals surface area contributed by atoms with Crippen molar-refractivity contribution in [3.8, 4) is 5.69 Å². The van der Waals surface area contributed by atoms with Crippen molar-refractivity contribution in [2.24, 2.45) is 10.7 Å². The van der Waals surface area contributed by atoms with Crippen LogP contribution in [0.4, 0.5) is 0 Å². The molecular weight excluding hydrogens is 262 g/mol. The first-order valence-electron chi connectivity index (χ1n) is 7.16. The summed E-state index contributed by atoms with van der Waals surface area (Å²) in [7, 11) is 0. The van der Waals surface area contributed by atoms with Crippen molar-refractivity contribution in [1.82, 2.24) is 15.1 Å². The SMILES string of the molecule is Cc1nn(-c2ccccc2)c(C)c1CN=C(N)NC(C)C. The van der Waals surface area contributed by atoms with Crippen molar-refractivity contribution >= 4 is 5.96 Å². The van der Waals surface area contributed by atoms with Gasteiger partial charge in [-0.15, -0.1) is 0 Å². The van der Waals surface area contributed by atoms with Crippen LogP contribution in [0.15, 0.2) is 35.3 Å². The van der Waals surface area contributed by atoms with E-state index in [9.17, 15) is 0 Å². The molecule has 21 heavy (non-hydrogen) atoms. The topological polar surface area (TPSA) is 68.2 Å². The summed E-state index contributed by atoms with van der Waals surface area (Å²) in [6.45, 7) is 8.67. The molecule has 0 spiro atoms. The minimum Gasteiger partial charge on any atom is -0.370 e. The van der Waals surface area contributed by atoms with Gasteiger partial charge in [0.05, 0.1) is 17.9 Å². The molecule has 5 heteroatoms. The number of benzene rings is 1. The van der Waals surface area contributed by atoms with E-state index in [4.69, 9.17) is 5.73 Å². The largest absolute Gasteiger partial charge is 0.370 e. The molecule has 0 fully saturated rings. The highest BCUT2D eigenvalue weighted by molar-refractivity contribution is 5.78. The molecule has 0 unspecified atom stereocenters. The normalized spacial score (nSPS) is 12.0. The highest BCUT2D eigenvalue weighted by Gasteiger charge is 2.12. The summed E-state index contributed by atoms with van der Waals surface area (Å²) in [6.07, 6.45) is 0. The standard InChI is InChI=1S/C16H23N5/c1-11(2)19-16(17)18-10-15-12(3)20-21(13(15)4)14-8-6-5-7-9-14/h5-9,11H,10H2,1-4H3,(H3,17,18,19). The fraction of sp³-hybridized carbons (Fsp3) is 0.375. The number of hydrogen-bond acceptors (Lipinski definition) is 2.